The molecule has 2 heterocycles. The Morgan fingerprint density at radius 2 is 2.26 bits per heavy atom. The van der Waals surface area contributed by atoms with Crippen molar-refractivity contribution in [2.45, 2.75) is 6.92 Å². The van der Waals surface area contributed by atoms with Crippen LogP contribution >= 0.6 is 0 Å². The SMILES string of the molecule is CCNc1cc([N+](=O)[O-])cc(-c2ccncc2F)n1. The molecule has 2 aromatic rings. The van der Waals surface area contributed by atoms with E-state index in [1.807, 2.05) is 6.92 Å². The van der Waals surface area contributed by atoms with E-state index in [9.17, 15) is 14.5 Å². The van der Waals surface area contributed by atoms with E-state index < -0.39 is 10.7 Å². The molecule has 0 aliphatic rings. The van der Waals surface area contributed by atoms with E-state index in [1.165, 1.54) is 24.4 Å². The maximum absolute atomic E-state index is 13.6. The van der Waals surface area contributed by atoms with E-state index >= 15 is 0 Å². The van der Waals surface area contributed by atoms with Crippen molar-refractivity contribution in [2.75, 3.05) is 11.9 Å². The molecule has 1 N–H and O–H groups in total. The lowest BCUT2D eigenvalue weighted by Gasteiger charge is -2.06. The molecule has 0 aliphatic carbocycles. The minimum absolute atomic E-state index is 0.142. The van der Waals surface area contributed by atoms with Crippen LogP contribution in [0.3, 0.4) is 0 Å². The number of aromatic nitrogens is 2. The van der Waals surface area contributed by atoms with Crippen LogP contribution in [0.2, 0.25) is 0 Å². The average Bonchev–Trinajstić information content (AvgIpc) is 2.39. The summed E-state index contributed by atoms with van der Waals surface area (Å²) in [4.78, 5) is 18.1. The first-order valence-electron chi connectivity index (χ1n) is 5.62. The summed E-state index contributed by atoms with van der Waals surface area (Å²) in [5.74, 6) is -0.235. The fraction of sp³-hybridized carbons (Fsp3) is 0.167. The largest absolute Gasteiger partial charge is 0.370 e. The van der Waals surface area contributed by atoms with E-state index in [0.29, 0.717) is 12.4 Å². The molecule has 0 radical (unpaired) electrons. The van der Waals surface area contributed by atoms with Gasteiger partial charge in [-0.15, -0.1) is 0 Å². The minimum atomic E-state index is -0.571. The smallest absolute Gasteiger partial charge is 0.275 e. The molecule has 0 saturated carbocycles. The van der Waals surface area contributed by atoms with Crippen LogP contribution in [0.25, 0.3) is 11.3 Å². The van der Waals surface area contributed by atoms with Gasteiger partial charge >= 0.3 is 0 Å². The van der Waals surface area contributed by atoms with Crippen molar-refractivity contribution in [1.82, 2.24) is 9.97 Å². The van der Waals surface area contributed by atoms with Gasteiger partial charge in [0.05, 0.1) is 22.9 Å². The monoisotopic (exact) mass is 262 g/mol. The lowest BCUT2D eigenvalue weighted by atomic mass is 10.1. The highest BCUT2D eigenvalue weighted by atomic mass is 19.1. The van der Waals surface area contributed by atoms with Gasteiger partial charge in [0, 0.05) is 24.4 Å². The van der Waals surface area contributed by atoms with Crippen molar-refractivity contribution in [3.63, 3.8) is 0 Å². The Hall–Kier alpha value is -2.57. The van der Waals surface area contributed by atoms with Gasteiger partial charge in [0.2, 0.25) is 0 Å². The van der Waals surface area contributed by atoms with Crippen LogP contribution in [0, 0.1) is 15.9 Å². The van der Waals surface area contributed by atoms with E-state index in [1.54, 1.807) is 0 Å². The van der Waals surface area contributed by atoms with E-state index in [2.05, 4.69) is 15.3 Å². The highest BCUT2D eigenvalue weighted by molar-refractivity contribution is 5.65. The normalized spacial score (nSPS) is 10.2. The van der Waals surface area contributed by atoms with Crippen molar-refractivity contribution in [3.05, 3.63) is 46.5 Å². The molecule has 98 valence electrons. The number of hydrogen-bond donors (Lipinski definition) is 1. The topological polar surface area (TPSA) is 81.0 Å². The van der Waals surface area contributed by atoms with Crippen LogP contribution in [-0.4, -0.2) is 21.4 Å². The summed E-state index contributed by atoms with van der Waals surface area (Å²) in [6, 6.07) is 3.97. The molecule has 7 heteroatoms. The van der Waals surface area contributed by atoms with Gasteiger partial charge in [0.1, 0.15) is 5.82 Å². The number of nitrogens with zero attached hydrogens (tertiary/aromatic N) is 3. The van der Waals surface area contributed by atoms with Crippen LogP contribution in [0.5, 0.6) is 0 Å². The molecule has 19 heavy (non-hydrogen) atoms. The number of rotatable bonds is 4. The fourth-order valence-electron chi connectivity index (χ4n) is 1.61. The third-order valence-corrected chi connectivity index (χ3v) is 2.43. The Kier molecular flexibility index (Phi) is 3.65. The quantitative estimate of drug-likeness (QED) is 0.676. The Morgan fingerprint density at radius 3 is 2.89 bits per heavy atom. The van der Waals surface area contributed by atoms with E-state index in [0.717, 1.165) is 6.20 Å². The zero-order chi connectivity index (χ0) is 13.8. The summed E-state index contributed by atoms with van der Waals surface area (Å²) in [6.45, 7) is 2.40. The molecular weight excluding hydrogens is 251 g/mol. The Balaban J connectivity index is 2.56. The van der Waals surface area contributed by atoms with Crippen LogP contribution in [0.1, 0.15) is 6.92 Å². The third-order valence-electron chi connectivity index (χ3n) is 2.43. The molecular formula is C12H11FN4O2. The Labute approximate surface area is 108 Å². The first-order valence-corrected chi connectivity index (χ1v) is 5.62. The molecule has 0 atom stereocenters. The van der Waals surface area contributed by atoms with E-state index in [4.69, 9.17) is 0 Å². The molecule has 0 fully saturated rings. The molecule has 6 nitrogen and oxygen atoms in total. The summed E-state index contributed by atoms with van der Waals surface area (Å²) in [5, 5.41) is 13.7. The molecule has 0 aliphatic heterocycles. The fourth-order valence-corrected chi connectivity index (χ4v) is 1.61. The van der Waals surface area contributed by atoms with Crippen LogP contribution in [0.4, 0.5) is 15.9 Å². The van der Waals surface area contributed by atoms with Crippen LogP contribution < -0.4 is 5.32 Å². The number of hydrogen-bond acceptors (Lipinski definition) is 5. The van der Waals surface area contributed by atoms with Gasteiger partial charge in [-0.3, -0.25) is 15.1 Å². The van der Waals surface area contributed by atoms with Gasteiger partial charge in [-0.05, 0) is 13.0 Å². The molecule has 2 aromatic heterocycles. The van der Waals surface area contributed by atoms with Gasteiger partial charge in [-0.25, -0.2) is 9.37 Å². The lowest BCUT2D eigenvalue weighted by molar-refractivity contribution is -0.384. The van der Waals surface area contributed by atoms with Gasteiger partial charge in [-0.2, -0.15) is 0 Å². The predicted octanol–water partition coefficient (Wildman–Crippen LogP) is 2.62. The molecule has 0 saturated heterocycles. The summed E-state index contributed by atoms with van der Waals surface area (Å²) in [5.41, 5.74) is 0.236. The number of halogens is 1. The van der Waals surface area contributed by atoms with Crippen LogP contribution in [0.15, 0.2) is 30.6 Å². The summed E-state index contributed by atoms with van der Waals surface area (Å²) in [7, 11) is 0. The Morgan fingerprint density at radius 1 is 1.47 bits per heavy atom. The number of anilines is 1. The van der Waals surface area contributed by atoms with Crippen molar-refractivity contribution in [1.29, 1.82) is 0 Å². The van der Waals surface area contributed by atoms with Crippen molar-refractivity contribution in [2.24, 2.45) is 0 Å². The highest BCUT2D eigenvalue weighted by Gasteiger charge is 2.14. The van der Waals surface area contributed by atoms with Gasteiger partial charge in [0.15, 0.2) is 5.82 Å². The second-order valence-corrected chi connectivity index (χ2v) is 3.74. The van der Waals surface area contributed by atoms with Gasteiger partial charge in [0.25, 0.3) is 5.69 Å². The zero-order valence-electron chi connectivity index (χ0n) is 10.1. The number of nitro groups is 1. The van der Waals surface area contributed by atoms with Gasteiger partial charge in [-0.1, -0.05) is 0 Å². The van der Waals surface area contributed by atoms with E-state index in [-0.39, 0.29) is 16.9 Å². The minimum Gasteiger partial charge on any atom is -0.370 e. The van der Waals surface area contributed by atoms with Crippen LogP contribution in [-0.2, 0) is 0 Å². The molecule has 2 rings (SSSR count). The molecule has 0 aromatic carbocycles. The first kappa shape index (κ1) is 12.9. The summed E-state index contributed by atoms with van der Waals surface area (Å²) >= 11 is 0. The molecule has 0 spiro atoms. The van der Waals surface area contributed by atoms with Gasteiger partial charge < -0.3 is 5.32 Å². The molecule has 0 amide bonds. The molecule has 0 bridgehead atoms. The lowest BCUT2D eigenvalue weighted by Crippen LogP contribution is -2.02. The Bertz CT molecular complexity index is 618. The van der Waals surface area contributed by atoms with Crippen molar-refractivity contribution in [3.8, 4) is 11.3 Å². The van der Waals surface area contributed by atoms with Crippen molar-refractivity contribution < 1.29 is 9.31 Å². The second-order valence-electron chi connectivity index (χ2n) is 3.74. The first-order chi connectivity index (χ1) is 9.11. The average molecular weight is 262 g/mol. The summed E-state index contributed by atoms with van der Waals surface area (Å²) < 4.78 is 13.6. The van der Waals surface area contributed by atoms with Crippen molar-refractivity contribution >= 4 is 11.5 Å². The standard InChI is InChI=1S/C12H11FN4O2/c1-2-15-12-6-8(17(18)19)5-11(16-12)9-3-4-14-7-10(9)13/h3-7H,2H2,1H3,(H,15,16). The number of nitrogens with one attached hydrogen (secondary N) is 1. The summed E-state index contributed by atoms with van der Waals surface area (Å²) in [6.07, 6.45) is 2.45. The maximum Gasteiger partial charge on any atom is 0.275 e. The molecule has 0 unspecified atom stereocenters. The number of pyridine rings is 2. The predicted molar refractivity (Wildman–Crippen MR) is 68.2 cm³/mol. The third kappa shape index (κ3) is 2.82. The maximum atomic E-state index is 13.6. The second kappa shape index (κ2) is 5.38. The zero-order valence-corrected chi connectivity index (χ0v) is 10.1. The highest BCUT2D eigenvalue weighted by Crippen LogP contribution is 2.26.